The largest absolute Gasteiger partial charge is 0.481 e. The van der Waals surface area contributed by atoms with Crippen LogP contribution in [0.1, 0.15) is 30.4 Å². The SMILES string of the molecule is NC(N)=NCCC[C@H](N)C(=O)Oc1ccc(CCC(=O)O)cc1.NCCc1ccccc1. The Labute approximate surface area is 188 Å². The van der Waals surface area contributed by atoms with Crippen LogP contribution >= 0.6 is 0 Å². The van der Waals surface area contributed by atoms with Gasteiger partial charge in [0, 0.05) is 13.0 Å². The Hall–Kier alpha value is -3.43. The Bertz CT molecular complexity index is 837. The summed E-state index contributed by atoms with van der Waals surface area (Å²) in [7, 11) is 0. The van der Waals surface area contributed by atoms with E-state index in [1.807, 2.05) is 18.2 Å². The minimum atomic E-state index is -0.854. The number of aliphatic carboxylic acids is 1. The molecule has 0 aliphatic heterocycles. The molecule has 0 fully saturated rings. The van der Waals surface area contributed by atoms with E-state index in [4.69, 9.17) is 32.8 Å². The summed E-state index contributed by atoms with van der Waals surface area (Å²) < 4.78 is 5.17. The quantitative estimate of drug-likeness (QED) is 0.113. The minimum absolute atomic E-state index is 0.00383. The van der Waals surface area contributed by atoms with Gasteiger partial charge in [0.25, 0.3) is 0 Å². The Balaban J connectivity index is 0.000000471. The lowest BCUT2D eigenvalue weighted by atomic mass is 10.1. The summed E-state index contributed by atoms with van der Waals surface area (Å²) in [4.78, 5) is 26.1. The van der Waals surface area contributed by atoms with Crippen LogP contribution in [0.4, 0.5) is 0 Å². The molecule has 0 aromatic heterocycles. The number of esters is 1. The molecule has 174 valence electrons. The number of benzene rings is 2. The summed E-state index contributed by atoms with van der Waals surface area (Å²) >= 11 is 0. The van der Waals surface area contributed by atoms with E-state index < -0.39 is 18.0 Å². The van der Waals surface area contributed by atoms with Gasteiger partial charge in [0.1, 0.15) is 11.8 Å². The summed E-state index contributed by atoms with van der Waals surface area (Å²) in [6.07, 6.45) is 2.45. The fraction of sp³-hybridized carbons (Fsp3) is 0.348. The highest BCUT2D eigenvalue weighted by atomic mass is 16.5. The standard InChI is InChI=1S/C15H22N4O4.C8H11N/c16-12(2-1-9-19-15(17)18)14(22)23-11-6-3-10(4-7-11)5-8-13(20)21;9-7-6-8-4-2-1-3-5-8/h3-4,6-7,12H,1-2,5,8-9,16H2,(H,20,21)(H4,17,18,19);1-5H,6-7,9H2/t12-;/m0./s1. The van der Waals surface area contributed by atoms with Gasteiger partial charge in [-0.1, -0.05) is 42.5 Å². The fourth-order valence-corrected chi connectivity index (χ4v) is 2.62. The molecule has 0 saturated heterocycles. The third-order valence-electron chi connectivity index (χ3n) is 4.32. The van der Waals surface area contributed by atoms with Gasteiger partial charge in [0.2, 0.25) is 0 Å². The van der Waals surface area contributed by atoms with Crippen molar-refractivity contribution in [1.82, 2.24) is 0 Å². The first-order valence-electron chi connectivity index (χ1n) is 10.4. The van der Waals surface area contributed by atoms with Crippen LogP contribution in [-0.4, -0.2) is 42.1 Å². The average molecular weight is 444 g/mol. The van der Waals surface area contributed by atoms with Crippen molar-refractivity contribution >= 4 is 17.9 Å². The molecule has 0 spiro atoms. The molecular weight excluding hydrogens is 410 g/mol. The van der Waals surface area contributed by atoms with Crippen molar-refractivity contribution in [3.8, 4) is 5.75 Å². The van der Waals surface area contributed by atoms with Crippen molar-refractivity contribution in [2.45, 2.75) is 38.1 Å². The number of rotatable bonds is 11. The van der Waals surface area contributed by atoms with E-state index in [9.17, 15) is 9.59 Å². The predicted molar refractivity (Wildman–Crippen MR) is 125 cm³/mol. The Morgan fingerprint density at radius 2 is 1.59 bits per heavy atom. The lowest BCUT2D eigenvalue weighted by Crippen LogP contribution is -2.34. The van der Waals surface area contributed by atoms with Gasteiger partial charge >= 0.3 is 11.9 Å². The number of nitrogens with two attached hydrogens (primary N) is 4. The molecule has 0 aliphatic rings. The highest BCUT2D eigenvalue weighted by Gasteiger charge is 2.15. The number of aliphatic imine (C=N–C) groups is 1. The zero-order valence-electron chi connectivity index (χ0n) is 18.2. The molecule has 9 nitrogen and oxygen atoms in total. The topological polar surface area (TPSA) is 180 Å². The normalized spacial score (nSPS) is 10.9. The van der Waals surface area contributed by atoms with Crippen LogP contribution in [-0.2, 0) is 22.4 Å². The van der Waals surface area contributed by atoms with Crippen molar-refractivity contribution < 1.29 is 19.4 Å². The van der Waals surface area contributed by atoms with Crippen LogP contribution in [0.15, 0.2) is 59.6 Å². The summed E-state index contributed by atoms with van der Waals surface area (Å²) in [5.41, 5.74) is 23.7. The highest BCUT2D eigenvalue weighted by molar-refractivity contribution is 5.78. The number of carbonyl (C=O) groups excluding carboxylic acids is 1. The molecular formula is C23H33N5O4. The molecule has 0 bridgehead atoms. The van der Waals surface area contributed by atoms with Gasteiger partial charge in [-0.25, -0.2) is 4.79 Å². The van der Waals surface area contributed by atoms with Crippen LogP contribution in [0.2, 0.25) is 0 Å². The van der Waals surface area contributed by atoms with E-state index in [1.165, 1.54) is 5.56 Å². The number of aryl methyl sites for hydroxylation is 1. The van der Waals surface area contributed by atoms with Crippen LogP contribution < -0.4 is 27.7 Å². The highest BCUT2D eigenvalue weighted by Crippen LogP contribution is 2.14. The zero-order valence-corrected chi connectivity index (χ0v) is 18.2. The van der Waals surface area contributed by atoms with Gasteiger partial charge in [0.05, 0.1) is 0 Å². The predicted octanol–water partition coefficient (Wildman–Crippen LogP) is 1.18. The lowest BCUT2D eigenvalue weighted by molar-refractivity contribution is -0.137. The maximum Gasteiger partial charge on any atom is 0.328 e. The van der Waals surface area contributed by atoms with E-state index in [0.29, 0.717) is 31.6 Å². The van der Waals surface area contributed by atoms with Gasteiger partial charge in [-0.2, -0.15) is 0 Å². The first kappa shape index (κ1) is 26.6. The van der Waals surface area contributed by atoms with Crippen molar-refractivity contribution in [3.63, 3.8) is 0 Å². The average Bonchev–Trinajstić information content (AvgIpc) is 2.77. The monoisotopic (exact) mass is 443 g/mol. The molecule has 9 N–H and O–H groups in total. The number of hydrogen-bond donors (Lipinski definition) is 5. The Kier molecular flexibility index (Phi) is 12.8. The molecule has 9 heteroatoms. The molecule has 2 aromatic rings. The third kappa shape index (κ3) is 12.3. The maximum atomic E-state index is 11.8. The molecule has 0 saturated carbocycles. The second kappa shape index (κ2) is 15.4. The smallest absolute Gasteiger partial charge is 0.328 e. The van der Waals surface area contributed by atoms with Crippen LogP contribution in [0, 0.1) is 0 Å². The van der Waals surface area contributed by atoms with E-state index in [1.54, 1.807) is 24.3 Å². The van der Waals surface area contributed by atoms with E-state index in [-0.39, 0.29) is 12.4 Å². The summed E-state index contributed by atoms with van der Waals surface area (Å²) in [6.45, 7) is 1.14. The number of ether oxygens (including phenoxy) is 1. The van der Waals surface area contributed by atoms with Gasteiger partial charge in [-0.15, -0.1) is 0 Å². The van der Waals surface area contributed by atoms with Crippen LogP contribution in [0.5, 0.6) is 5.75 Å². The minimum Gasteiger partial charge on any atom is -0.481 e. The zero-order chi connectivity index (χ0) is 23.8. The third-order valence-corrected chi connectivity index (χ3v) is 4.32. The second-order valence-corrected chi connectivity index (χ2v) is 7.04. The van der Waals surface area contributed by atoms with Crippen LogP contribution in [0.3, 0.4) is 0 Å². The molecule has 0 radical (unpaired) electrons. The molecule has 0 aliphatic carbocycles. The van der Waals surface area contributed by atoms with Crippen molar-refractivity contribution in [3.05, 3.63) is 65.7 Å². The lowest BCUT2D eigenvalue weighted by Gasteiger charge is -2.11. The molecule has 0 heterocycles. The summed E-state index contributed by atoms with van der Waals surface area (Å²) in [6, 6.07) is 16.2. The van der Waals surface area contributed by atoms with Gasteiger partial charge in [0.15, 0.2) is 5.96 Å². The molecule has 32 heavy (non-hydrogen) atoms. The van der Waals surface area contributed by atoms with Gasteiger partial charge < -0.3 is 32.8 Å². The van der Waals surface area contributed by atoms with Crippen molar-refractivity contribution in [1.29, 1.82) is 0 Å². The van der Waals surface area contributed by atoms with Crippen molar-refractivity contribution in [2.24, 2.45) is 27.9 Å². The Morgan fingerprint density at radius 3 is 2.16 bits per heavy atom. The first-order chi connectivity index (χ1) is 15.3. The first-order valence-corrected chi connectivity index (χ1v) is 10.4. The molecule has 0 amide bonds. The number of carboxylic acid groups (broad SMARTS) is 1. The number of hydrogen-bond acceptors (Lipinski definition) is 6. The maximum absolute atomic E-state index is 11.8. The molecule has 2 aromatic carbocycles. The molecule has 1 atom stereocenters. The van der Waals surface area contributed by atoms with E-state index >= 15 is 0 Å². The van der Waals surface area contributed by atoms with Gasteiger partial charge in [-0.05, 0) is 55.5 Å². The fourth-order valence-electron chi connectivity index (χ4n) is 2.62. The van der Waals surface area contributed by atoms with Crippen LogP contribution in [0.25, 0.3) is 0 Å². The van der Waals surface area contributed by atoms with E-state index in [0.717, 1.165) is 18.5 Å². The molecule has 2 rings (SSSR count). The number of guanidine groups is 1. The summed E-state index contributed by atoms with van der Waals surface area (Å²) in [5.74, 6) is -1.02. The second-order valence-electron chi connectivity index (χ2n) is 7.04. The molecule has 0 unspecified atom stereocenters. The van der Waals surface area contributed by atoms with Gasteiger partial charge in [-0.3, -0.25) is 9.79 Å². The summed E-state index contributed by atoms with van der Waals surface area (Å²) in [5, 5.41) is 8.62. The Morgan fingerprint density at radius 1 is 0.969 bits per heavy atom. The number of nitrogens with zero attached hydrogens (tertiary/aromatic N) is 1. The number of carboxylic acids is 1. The van der Waals surface area contributed by atoms with Crippen molar-refractivity contribution in [2.75, 3.05) is 13.1 Å². The number of carbonyl (C=O) groups is 2. The van der Waals surface area contributed by atoms with E-state index in [2.05, 4.69) is 17.1 Å².